The van der Waals surface area contributed by atoms with E-state index < -0.39 is 0 Å². The van der Waals surface area contributed by atoms with Crippen molar-refractivity contribution in [3.05, 3.63) is 0 Å². The summed E-state index contributed by atoms with van der Waals surface area (Å²) in [5.41, 5.74) is 0. The molecule has 0 aliphatic carbocycles. The second-order valence-corrected chi connectivity index (χ2v) is 4.74. The Morgan fingerprint density at radius 3 is 2.60 bits per heavy atom. The predicted octanol–water partition coefficient (Wildman–Crippen LogP) is 1.34. The first kappa shape index (κ1) is 12.9. The van der Waals surface area contributed by atoms with Gasteiger partial charge in [0.05, 0.1) is 6.61 Å². The molecule has 2 unspecified atom stereocenters. The number of hydrogen-bond donors (Lipinski definition) is 1. The molecule has 1 heterocycles. The number of nitrogens with one attached hydrogen (secondary N) is 1. The summed E-state index contributed by atoms with van der Waals surface area (Å²) >= 11 is 0. The predicted molar refractivity (Wildman–Crippen MR) is 64.2 cm³/mol. The number of hydrogen-bond acceptors (Lipinski definition) is 3. The maximum absolute atomic E-state index is 5.35. The van der Waals surface area contributed by atoms with Crippen molar-refractivity contribution in [2.75, 3.05) is 33.4 Å². The molecule has 2 atom stereocenters. The Morgan fingerprint density at radius 1 is 1.47 bits per heavy atom. The highest BCUT2D eigenvalue weighted by molar-refractivity contribution is 4.85. The van der Waals surface area contributed by atoms with Gasteiger partial charge in [-0.25, -0.2) is 0 Å². The maximum atomic E-state index is 5.35. The zero-order valence-electron chi connectivity index (χ0n) is 10.6. The smallest absolute Gasteiger partial charge is 0.0620 e. The van der Waals surface area contributed by atoms with Crippen molar-refractivity contribution in [3.63, 3.8) is 0 Å². The molecule has 1 fully saturated rings. The van der Waals surface area contributed by atoms with Gasteiger partial charge in [0.1, 0.15) is 0 Å². The third-order valence-corrected chi connectivity index (χ3v) is 3.40. The molecule has 0 saturated carbocycles. The van der Waals surface area contributed by atoms with Crippen LogP contribution in [0, 0.1) is 5.92 Å². The van der Waals surface area contributed by atoms with E-state index in [2.05, 4.69) is 31.0 Å². The van der Waals surface area contributed by atoms with E-state index in [-0.39, 0.29) is 0 Å². The van der Waals surface area contributed by atoms with E-state index in [1.54, 1.807) is 7.11 Å². The van der Waals surface area contributed by atoms with Crippen LogP contribution in [0.4, 0.5) is 0 Å². The minimum absolute atomic E-state index is 0.560. The maximum Gasteiger partial charge on any atom is 0.0620 e. The summed E-state index contributed by atoms with van der Waals surface area (Å²) in [6.45, 7) is 11.1. The van der Waals surface area contributed by atoms with E-state index >= 15 is 0 Å². The van der Waals surface area contributed by atoms with Crippen LogP contribution in [0.25, 0.3) is 0 Å². The van der Waals surface area contributed by atoms with Crippen molar-refractivity contribution < 1.29 is 4.74 Å². The second-order valence-electron chi connectivity index (χ2n) is 4.74. The highest BCUT2D eigenvalue weighted by Crippen LogP contribution is 2.18. The molecule has 3 nitrogen and oxygen atoms in total. The summed E-state index contributed by atoms with van der Waals surface area (Å²) in [6, 6.07) is 1.27. The molecule has 1 N–H and O–H groups in total. The SMILES string of the molecule is CCN(C1CCNC1)C(COC)C(C)C. The largest absolute Gasteiger partial charge is 0.383 e. The molecule has 0 amide bonds. The van der Waals surface area contributed by atoms with Gasteiger partial charge in [0.25, 0.3) is 0 Å². The highest BCUT2D eigenvalue weighted by atomic mass is 16.5. The molecule has 15 heavy (non-hydrogen) atoms. The topological polar surface area (TPSA) is 24.5 Å². The van der Waals surface area contributed by atoms with Crippen molar-refractivity contribution >= 4 is 0 Å². The van der Waals surface area contributed by atoms with Gasteiger partial charge >= 0.3 is 0 Å². The van der Waals surface area contributed by atoms with Crippen LogP contribution in [0.2, 0.25) is 0 Å². The zero-order chi connectivity index (χ0) is 11.3. The van der Waals surface area contributed by atoms with Crippen LogP contribution in [-0.2, 0) is 4.74 Å². The fourth-order valence-corrected chi connectivity index (χ4v) is 2.53. The van der Waals surface area contributed by atoms with E-state index in [0.29, 0.717) is 18.0 Å². The highest BCUT2D eigenvalue weighted by Gasteiger charge is 2.28. The van der Waals surface area contributed by atoms with Crippen LogP contribution < -0.4 is 5.32 Å². The fraction of sp³-hybridized carbons (Fsp3) is 1.00. The van der Waals surface area contributed by atoms with Gasteiger partial charge in [-0.3, -0.25) is 4.90 Å². The summed E-state index contributed by atoms with van der Waals surface area (Å²) in [4.78, 5) is 2.61. The molecule has 1 saturated heterocycles. The molecule has 0 radical (unpaired) electrons. The molecule has 0 aromatic heterocycles. The molecule has 1 aliphatic heterocycles. The van der Waals surface area contributed by atoms with Crippen LogP contribution >= 0.6 is 0 Å². The number of nitrogens with zero attached hydrogens (tertiary/aromatic N) is 1. The Bertz CT molecular complexity index is 167. The van der Waals surface area contributed by atoms with Crippen molar-refractivity contribution in [1.82, 2.24) is 10.2 Å². The van der Waals surface area contributed by atoms with Crippen LogP contribution in [0.15, 0.2) is 0 Å². The first-order valence-corrected chi connectivity index (χ1v) is 6.16. The monoisotopic (exact) mass is 214 g/mol. The number of ether oxygens (including phenoxy) is 1. The molecule has 1 rings (SSSR count). The minimum atomic E-state index is 0.560. The van der Waals surface area contributed by atoms with Crippen LogP contribution in [0.1, 0.15) is 27.2 Å². The second kappa shape index (κ2) is 6.46. The summed E-state index contributed by atoms with van der Waals surface area (Å²) < 4.78 is 5.35. The number of likely N-dealkylation sites (N-methyl/N-ethyl adjacent to an activating group) is 1. The molecular formula is C12H26N2O. The third-order valence-electron chi connectivity index (χ3n) is 3.40. The summed E-state index contributed by atoms with van der Waals surface area (Å²) in [5.74, 6) is 0.658. The lowest BCUT2D eigenvalue weighted by Gasteiger charge is -2.37. The summed E-state index contributed by atoms with van der Waals surface area (Å²) in [6.07, 6.45) is 1.28. The Morgan fingerprint density at radius 2 is 2.20 bits per heavy atom. The lowest BCUT2D eigenvalue weighted by atomic mass is 10.0. The Hall–Kier alpha value is -0.120. The lowest BCUT2D eigenvalue weighted by Crippen LogP contribution is -2.48. The van der Waals surface area contributed by atoms with Gasteiger partial charge in [0, 0.05) is 25.7 Å². The van der Waals surface area contributed by atoms with Crippen LogP contribution in [0.5, 0.6) is 0 Å². The van der Waals surface area contributed by atoms with Gasteiger partial charge in [-0.15, -0.1) is 0 Å². The quantitative estimate of drug-likeness (QED) is 0.722. The van der Waals surface area contributed by atoms with Gasteiger partial charge in [-0.2, -0.15) is 0 Å². The van der Waals surface area contributed by atoms with Crippen molar-refractivity contribution in [3.8, 4) is 0 Å². The van der Waals surface area contributed by atoms with E-state index in [9.17, 15) is 0 Å². The zero-order valence-corrected chi connectivity index (χ0v) is 10.6. The molecule has 0 bridgehead atoms. The fourth-order valence-electron chi connectivity index (χ4n) is 2.53. The first-order valence-electron chi connectivity index (χ1n) is 6.16. The average molecular weight is 214 g/mol. The van der Waals surface area contributed by atoms with Crippen LogP contribution in [0.3, 0.4) is 0 Å². The van der Waals surface area contributed by atoms with E-state index in [0.717, 1.165) is 19.7 Å². The first-order chi connectivity index (χ1) is 7.20. The third kappa shape index (κ3) is 3.44. The molecular weight excluding hydrogens is 188 g/mol. The molecule has 1 aliphatic rings. The summed E-state index contributed by atoms with van der Waals surface area (Å²) in [5, 5.41) is 3.44. The Kier molecular flexibility index (Phi) is 5.58. The lowest BCUT2D eigenvalue weighted by molar-refractivity contribution is 0.0445. The average Bonchev–Trinajstić information content (AvgIpc) is 2.71. The van der Waals surface area contributed by atoms with Crippen LogP contribution in [-0.4, -0.2) is 50.3 Å². The van der Waals surface area contributed by atoms with Gasteiger partial charge in [-0.1, -0.05) is 20.8 Å². The normalized spacial score (nSPS) is 24.0. The van der Waals surface area contributed by atoms with Gasteiger partial charge in [0.2, 0.25) is 0 Å². The molecule has 0 spiro atoms. The molecule has 3 heteroatoms. The minimum Gasteiger partial charge on any atom is -0.383 e. The van der Waals surface area contributed by atoms with Crippen molar-refractivity contribution in [2.24, 2.45) is 5.92 Å². The van der Waals surface area contributed by atoms with Crippen molar-refractivity contribution in [1.29, 1.82) is 0 Å². The van der Waals surface area contributed by atoms with Crippen molar-refractivity contribution in [2.45, 2.75) is 39.3 Å². The van der Waals surface area contributed by atoms with E-state index in [4.69, 9.17) is 4.74 Å². The number of methoxy groups -OCH3 is 1. The molecule has 0 aromatic rings. The van der Waals surface area contributed by atoms with Gasteiger partial charge < -0.3 is 10.1 Å². The van der Waals surface area contributed by atoms with Gasteiger partial charge in [-0.05, 0) is 25.4 Å². The Balaban J connectivity index is 2.59. The van der Waals surface area contributed by atoms with E-state index in [1.807, 2.05) is 0 Å². The van der Waals surface area contributed by atoms with Gasteiger partial charge in [0.15, 0.2) is 0 Å². The molecule has 90 valence electrons. The van der Waals surface area contributed by atoms with E-state index in [1.165, 1.54) is 13.0 Å². The summed E-state index contributed by atoms with van der Waals surface area (Å²) in [7, 11) is 1.80. The molecule has 0 aromatic carbocycles. The number of rotatable bonds is 6. The standard InChI is InChI=1S/C12H26N2O/c1-5-14(11-6-7-13-8-11)12(9-15-4)10(2)3/h10-13H,5-9H2,1-4H3. The Labute approximate surface area is 94.2 Å².